The summed E-state index contributed by atoms with van der Waals surface area (Å²) >= 11 is 2.73. The number of aromatic amines is 1. The highest BCUT2D eigenvalue weighted by molar-refractivity contribution is 7.99. The summed E-state index contributed by atoms with van der Waals surface area (Å²) in [5, 5.41) is 15.7. The summed E-state index contributed by atoms with van der Waals surface area (Å²) in [7, 11) is 0. The number of anilines is 2. The Balaban J connectivity index is 1.46. The molecule has 0 saturated carbocycles. The average molecular weight is 390 g/mol. The Labute approximate surface area is 157 Å². The van der Waals surface area contributed by atoms with E-state index in [0.717, 1.165) is 16.6 Å². The minimum atomic E-state index is -0.358. The maximum Gasteiger partial charge on any atom is 0.240 e. The summed E-state index contributed by atoms with van der Waals surface area (Å²) in [5.74, 6) is -0.150. The minimum absolute atomic E-state index is 0.102. The zero-order valence-corrected chi connectivity index (χ0v) is 15.3. The first-order valence-corrected chi connectivity index (χ1v) is 9.40. The lowest BCUT2D eigenvalue weighted by molar-refractivity contribution is -0.113. The van der Waals surface area contributed by atoms with E-state index < -0.39 is 0 Å². The number of H-pyrrole nitrogens is 1. The molecule has 1 aromatic carbocycles. The Morgan fingerprint density at radius 1 is 1.46 bits per heavy atom. The van der Waals surface area contributed by atoms with Gasteiger partial charge in [-0.05, 0) is 36.1 Å². The number of rotatable bonds is 7. The smallest absolute Gasteiger partial charge is 0.240 e. The molecule has 7 nitrogen and oxygen atoms in total. The van der Waals surface area contributed by atoms with Crippen LogP contribution in [0.5, 0.6) is 0 Å². The van der Waals surface area contributed by atoms with Crippen molar-refractivity contribution in [1.82, 2.24) is 15.2 Å². The first-order valence-electron chi connectivity index (χ1n) is 7.54. The van der Waals surface area contributed by atoms with Crippen LogP contribution < -0.4 is 10.7 Å². The highest BCUT2D eigenvalue weighted by Gasteiger charge is 2.09. The van der Waals surface area contributed by atoms with Crippen LogP contribution in [0.1, 0.15) is 10.4 Å². The number of hydrogen-bond acceptors (Lipinski definition) is 7. The van der Waals surface area contributed by atoms with Crippen molar-refractivity contribution in [2.75, 3.05) is 16.5 Å². The number of halogens is 1. The summed E-state index contributed by atoms with van der Waals surface area (Å²) in [5.41, 5.74) is 3.68. The number of nitrogens with one attached hydrogen (secondary N) is 3. The van der Waals surface area contributed by atoms with Crippen LogP contribution in [0.2, 0.25) is 0 Å². The largest absolute Gasteiger partial charge is 0.325 e. The van der Waals surface area contributed by atoms with Gasteiger partial charge in [0.1, 0.15) is 5.82 Å². The molecule has 0 aliphatic carbocycles. The van der Waals surface area contributed by atoms with E-state index in [0.29, 0.717) is 22.4 Å². The second-order valence-electron chi connectivity index (χ2n) is 5.15. The van der Waals surface area contributed by atoms with Crippen molar-refractivity contribution in [2.24, 2.45) is 5.10 Å². The number of benzene rings is 1. The summed E-state index contributed by atoms with van der Waals surface area (Å²) in [4.78, 5) is 17.1. The maximum atomic E-state index is 13.5. The van der Waals surface area contributed by atoms with Gasteiger partial charge in [-0.15, -0.1) is 16.4 Å². The predicted octanol–water partition coefficient (Wildman–Crippen LogP) is 3.49. The number of carbonyl (C=O) groups is 1. The Bertz CT molecular complexity index is 909. The standard InChI is InChI=1S/C16H15FN6OS2/c1-10-4-5-11(7-13(10)17)19-14(24)9-26-16-20-15(22-23-16)21-18-8-12-3-2-6-25-12/h2-8H,9H2,1H3,(H,19,24)(H2,20,21,22,23)/b18-8-. The fraction of sp³-hybridized carbons (Fsp3) is 0.125. The number of hydrazone groups is 1. The van der Waals surface area contributed by atoms with Crippen LogP contribution in [-0.4, -0.2) is 33.1 Å². The molecule has 2 heterocycles. The van der Waals surface area contributed by atoms with Gasteiger partial charge in [-0.25, -0.2) is 14.9 Å². The van der Waals surface area contributed by atoms with E-state index in [1.807, 2.05) is 17.5 Å². The molecule has 10 heteroatoms. The van der Waals surface area contributed by atoms with Gasteiger partial charge in [0.25, 0.3) is 0 Å². The first kappa shape index (κ1) is 18.1. The lowest BCUT2D eigenvalue weighted by Gasteiger charge is -2.05. The van der Waals surface area contributed by atoms with E-state index >= 15 is 0 Å². The number of carbonyl (C=O) groups excluding carboxylic acids is 1. The molecule has 0 saturated heterocycles. The van der Waals surface area contributed by atoms with Crippen LogP contribution in [-0.2, 0) is 4.79 Å². The molecule has 134 valence electrons. The quantitative estimate of drug-likeness (QED) is 0.326. The van der Waals surface area contributed by atoms with E-state index in [4.69, 9.17) is 0 Å². The van der Waals surface area contributed by atoms with Crippen LogP contribution >= 0.6 is 23.1 Å². The molecule has 0 aliphatic heterocycles. The number of thiophene rings is 1. The fourth-order valence-corrected chi connectivity index (χ4v) is 3.06. The fourth-order valence-electron chi connectivity index (χ4n) is 1.88. The molecule has 0 spiro atoms. The van der Waals surface area contributed by atoms with Crippen molar-refractivity contribution in [3.63, 3.8) is 0 Å². The molecule has 0 unspecified atom stereocenters. The average Bonchev–Trinajstić information content (AvgIpc) is 3.28. The molecule has 0 radical (unpaired) electrons. The van der Waals surface area contributed by atoms with Crippen LogP contribution in [0.15, 0.2) is 46.0 Å². The molecule has 2 aromatic heterocycles. The molecule has 0 atom stereocenters. The van der Waals surface area contributed by atoms with Crippen LogP contribution in [0, 0.1) is 12.7 Å². The molecule has 0 bridgehead atoms. The van der Waals surface area contributed by atoms with Gasteiger partial charge in [0.15, 0.2) is 0 Å². The Morgan fingerprint density at radius 2 is 2.35 bits per heavy atom. The summed E-state index contributed by atoms with van der Waals surface area (Å²) < 4.78 is 13.5. The monoisotopic (exact) mass is 390 g/mol. The van der Waals surface area contributed by atoms with Gasteiger partial charge in [0.05, 0.1) is 12.0 Å². The number of amides is 1. The highest BCUT2D eigenvalue weighted by Crippen LogP contribution is 2.17. The lowest BCUT2D eigenvalue weighted by atomic mass is 10.2. The SMILES string of the molecule is Cc1ccc(NC(=O)CSc2n[nH]c(N/N=C\c3cccs3)n2)cc1F. The summed E-state index contributed by atoms with van der Waals surface area (Å²) in [6.45, 7) is 1.66. The van der Waals surface area contributed by atoms with E-state index in [2.05, 4.69) is 31.0 Å². The third-order valence-corrected chi connectivity index (χ3v) is 4.81. The third kappa shape index (κ3) is 5.14. The molecule has 0 fully saturated rings. The van der Waals surface area contributed by atoms with Gasteiger partial charge in [-0.1, -0.05) is 23.9 Å². The molecule has 1 amide bonds. The second kappa shape index (κ2) is 8.59. The maximum absolute atomic E-state index is 13.5. The Kier molecular flexibility index (Phi) is 5.97. The van der Waals surface area contributed by atoms with Gasteiger partial charge in [0, 0.05) is 10.6 Å². The van der Waals surface area contributed by atoms with Gasteiger partial charge < -0.3 is 5.32 Å². The Hall–Kier alpha value is -2.72. The van der Waals surface area contributed by atoms with Gasteiger partial charge in [-0.2, -0.15) is 10.1 Å². The number of nitrogens with zero attached hydrogens (tertiary/aromatic N) is 3. The van der Waals surface area contributed by atoms with Gasteiger partial charge >= 0.3 is 0 Å². The van der Waals surface area contributed by atoms with E-state index in [1.165, 1.54) is 6.07 Å². The predicted molar refractivity (Wildman–Crippen MR) is 102 cm³/mol. The molecular weight excluding hydrogens is 375 g/mol. The summed E-state index contributed by atoms with van der Waals surface area (Å²) in [6, 6.07) is 8.43. The van der Waals surface area contributed by atoms with Crippen molar-refractivity contribution in [1.29, 1.82) is 0 Å². The molecule has 0 aliphatic rings. The number of hydrogen-bond donors (Lipinski definition) is 3. The molecule has 3 aromatic rings. The van der Waals surface area contributed by atoms with Crippen LogP contribution in [0.25, 0.3) is 0 Å². The minimum Gasteiger partial charge on any atom is -0.325 e. The molecule has 3 rings (SSSR count). The second-order valence-corrected chi connectivity index (χ2v) is 7.07. The van der Waals surface area contributed by atoms with Gasteiger partial charge in [0.2, 0.25) is 17.0 Å². The van der Waals surface area contributed by atoms with Crippen molar-refractivity contribution in [3.05, 3.63) is 52.0 Å². The normalized spacial score (nSPS) is 11.0. The van der Waals surface area contributed by atoms with Crippen molar-refractivity contribution >= 4 is 46.9 Å². The van der Waals surface area contributed by atoms with Crippen LogP contribution in [0.4, 0.5) is 16.0 Å². The molecular formula is C16H15FN6OS2. The van der Waals surface area contributed by atoms with E-state index in [-0.39, 0.29) is 17.5 Å². The number of thioether (sulfide) groups is 1. The zero-order valence-electron chi connectivity index (χ0n) is 13.7. The van der Waals surface area contributed by atoms with Crippen molar-refractivity contribution in [2.45, 2.75) is 12.1 Å². The third-order valence-electron chi connectivity index (χ3n) is 3.16. The van der Waals surface area contributed by atoms with Crippen molar-refractivity contribution in [3.8, 4) is 0 Å². The van der Waals surface area contributed by atoms with Crippen molar-refractivity contribution < 1.29 is 9.18 Å². The molecule has 3 N–H and O–H groups in total. The highest BCUT2D eigenvalue weighted by atomic mass is 32.2. The zero-order chi connectivity index (χ0) is 18.4. The molecule has 26 heavy (non-hydrogen) atoms. The number of aryl methyl sites for hydroxylation is 1. The van der Waals surface area contributed by atoms with Gasteiger partial charge in [-0.3, -0.25) is 4.79 Å². The number of aromatic nitrogens is 3. The lowest BCUT2D eigenvalue weighted by Crippen LogP contribution is -2.14. The van der Waals surface area contributed by atoms with Crippen LogP contribution in [0.3, 0.4) is 0 Å². The van der Waals surface area contributed by atoms with E-state index in [9.17, 15) is 9.18 Å². The van der Waals surface area contributed by atoms with E-state index in [1.54, 1.807) is 36.6 Å². The Morgan fingerprint density at radius 3 is 3.12 bits per heavy atom. The topological polar surface area (TPSA) is 95.1 Å². The first-order chi connectivity index (χ1) is 12.6. The summed E-state index contributed by atoms with van der Waals surface area (Å²) in [6.07, 6.45) is 1.67.